The van der Waals surface area contributed by atoms with E-state index < -0.39 is 5.60 Å². The summed E-state index contributed by atoms with van der Waals surface area (Å²) in [6.45, 7) is 9.14. The van der Waals surface area contributed by atoms with Gasteiger partial charge in [0.15, 0.2) is 0 Å². The molecule has 19 heavy (non-hydrogen) atoms. The molecule has 5 nitrogen and oxygen atoms in total. The highest BCUT2D eigenvalue weighted by Gasteiger charge is 2.30. The van der Waals surface area contributed by atoms with E-state index in [-0.39, 0.29) is 12.1 Å². The molecule has 106 valence electrons. The van der Waals surface area contributed by atoms with Crippen LogP contribution in [0.4, 0.5) is 4.79 Å². The predicted octanol–water partition coefficient (Wildman–Crippen LogP) is 3.02. The third-order valence-corrected chi connectivity index (χ3v) is 4.04. The van der Waals surface area contributed by atoms with Crippen molar-refractivity contribution >= 4 is 28.7 Å². The molecule has 1 atom stereocenters. The number of hydrogen-bond donors (Lipinski definition) is 0. The van der Waals surface area contributed by atoms with Crippen LogP contribution in [0.25, 0.3) is 0 Å². The van der Waals surface area contributed by atoms with Crippen LogP contribution in [0, 0.1) is 3.57 Å². The lowest BCUT2D eigenvalue weighted by atomic mass is 10.2. The number of carbonyl (C=O) groups is 1. The zero-order valence-corrected chi connectivity index (χ0v) is 14.0. The maximum Gasteiger partial charge on any atom is 0.410 e. The van der Waals surface area contributed by atoms with Gasteiger partial charge in [-0.05, 0) is 56.7 Å². The van der Waals surface area contributed by atoms with Crippen molar-refractivity contribution in [2.75, 3.05) is 0 Å². The molecule has 1 aromatic heterocycles. The second-order valence-corrected chi connectivity index (χ2v) is 7.07. The number of fused-ring (bicyclic) bond motifs is 1. The zero-order valence-electron chi connectivity index (χ0n) is 11.8. The number of aromatic nitrogens is 2. The molecule has 2 heterocycles. The molecule has 0 spiro atoms. The predicted molar refractivity (Wildman–Crippen MR) is 80.8 cm³/mol. The van der Waals surface area contributed by atoms with Crippen LogP contribution in [0.1, 0.15) is 39.8 Å². The maximum absolute atomic E-state index is 12.3. The molecule has 0 fully saturated rings. The third kappa shape index (κ3) is 3.40. The lowest BCUT2D eigenvalue weighted by Crippen LogP contribution is -2.41. The number of carbonyl (C=O) groups excluding carboxylic acids is 1. The topological polar surface area (TPSA) is 47.4 Å². The van der Waals surface area contributed by atoms with E-state index in [0.29, 0.717) is 6.54 Å². The van der Waals surface area contributed by atoms with E-state index in [1.807, 2.05) is 31.6 Å². The molecule has 1 aliphatic rings. The summed E-state index contributed by atoms with van der Waals surface area (Å²) in [5.41, 5.74) is 0.632. The molecule has 0 saturated carbocycles. The molecule has 0 radical (unpaired) electrons. The van der Waals surface area contributed by atoms with Crippen molar-refractivity contribution in [3.05, 3.63) is 15.5 Å². The van der Waals surface area contributed by atoms with Crippen molar-refractivity contribution < 1.29 is 9.53 Å². The van der Waals surface area contributed by atoms with Crippen LogP contribution >= 0.6 is 22.6 Å². The van der Waals surface area contributed by atoms with Gasteiger partial charge >= 0.3 is 6.09 Å². The Balaban J connectivity index is 2.20. The molecule has 1 aliphatic heterocycles. The summed E-state index contributed by atoms with van der Waals surface area (Å²) in [5, 5.41) is 4.35. The van der Waals surface area contributed by atoms with Crippen LogP contribution in [-0.2, 0) is 17.8 Å². The highest BCUT2D eigenvalue weighted by Crippen LogP contribution is 2.23. The number of nitrogens with zero attached hydrogens (tertiary/aromatic N) is 3. The Morgan fingerprint density at radius 2 is 2.21 bits per heavy atom. The van der Waals surface area contributed by atoms with Crippen LogP contribution in [0.15, 0.2) is 6.20 Å². The minimum Gasteiger partial charge on any atom is -0.444 e. The maximum atomic E-state index is 12.3. The van der Waals surface area contributed by atoms with E-state index in [0.717, 1.165) is 22.2 Å². The summed E-state index contributed by atoms with van der Waals surface area (Å²) in [5.74, 6) is 0. The molecular formula is C13H20IN3O2. The minimum absolute atomic E-state index is 0.160. The van der Waals surface area contributed by atoms with Crippen LogP contribution in [-0.4, -0.2) is 32.4 Å². The second-order valence-electron chi connectivity index (χ2n) is 5.91. The Bertz CT molecular complexity index is 479. The lowest BCUT2D eigenvalue weighted by Gasteiger charge is -2.30. The third-order valence-electron chi connectivity index (χ3n) is 3.14. The van der Waals surface area contributed by atoms with Gasteiger partial charge in [-0.15, -0.1) is 0 Å². The SMILES string of the molecule is CC1CCn2ncc(I)c2CN1C(=O)OC(C)(C)C. The van der Waals surface area contributed by atoms with Gasteiger partial charge in [-0.3, -0.25) is 9.58 Å². The first-order valence-electron chi connectivity index (χ1n) is 6.48. The van der Waals surface area contributed by atoms with E-state index >= 15 is 0 Å². The van der Waals surface area contributed by atoms with Gasteiger partial charge in [0.05, 0.1) is 22.0 Å². The smallest absolute Gasteiger partial charge is 0.410 e. The van der Waals surface area contributed by atoms with Crippen molar-refractivity contribution in [3.8, 4) is 0 Å². The molecule has 1 aromatic rings. The highest BCUT2D eigenvalue weighted by molar-refractivity contribution is 14.1. The average Bonchev–Trinajstić information content (AvgIpc) is 2.51. The van der Waals surface area contributed by atoms with E-state index in [4.69, 9.17) is 4.74 Å². The van der Waals surface area contributed by atoms with E-state index in [1.165, 1.54) is 0 Å². The molecule has 0 aliphatic carbocycles. The Hall–Kier alpha value is -0.790. The van der Waals surface area contributed by atoms with Crippen molar-refractivity contribution in [2.24, 2.45) is 0 Å². The van der Waals surface area contributed by atoms with Gasteiger partial charge in [-0.1, -0.05) is 0 Å². The normalized spacial score (nSPS) is 19.8. The Morgan fingerprint density at radius 1 is 1.53 bits per heavy atom. The lowest BCUT2D eigenvalue weighted by molar-refractivity contribution is 0.0156. The molecule has 1 amide bonds. The molecular weight excluding hydrogens is 357 g/mol. The molecule has 1 unspecified atom stereocenters. The summed E-state index contributed by atoms with van der Waals surface area (Å²) in [4.78, 5) is 14.1. The van der Waals surface area contributed by atoms with E-state index in [2.05, 4.69) is 34.6 Å². The highest BCUT2D eigenvalue weighted by atomic mass is 127. The fourth-order valence-electron chi connectivity index (χ4n) is 2.08. The Morgan fingerprint density at radius 3 is 2.84 bits per heavy atom. The molecule has 2 rings (SSSR count). The fourth-order valence-corrected chi connectivity index (χ4v) is 2.66. The van der Waals surface area contributed by atoms with Crippen molar-refractivity contribution in [2.45, 2.75) is 58.8 Å². The Labute approximate surface area is 127 Å². The van der Waals surface area contributed by atoms with Crippen LogP contribution in [0.3, 0.4) is 0 Å². The van der Waals surface area contributed by atoms with Crippen LogP contribution in [0.2, 0.25) is 0 Å². The number of ether oxygens (including phenoxy) is 1. The average molecular weight is 377 g/mol. The van der Waals surface area contributed by atoms with Crippen molar-refractivity contribution in [3.63, 3.8) is 0 Å². The fraction of sp³-hybridized carbons (Fsp3) is 0.692. The summed E-state index contributed by atoms with van der Waals surface area (Å²) >= 11 is 2.26. The largest absolute Gasteiger partial charge is 0.444 e. The molecule has 6 heteroatoms. The Kier molecular flexibility index (Phi) is 4.08. The first-order chi connectivity index (χ1) is 8.78. The second kappa shape index (κ2) is 5.30. The number of amides is 1. The number of rotatable bonds is 0. The molecule has 0 bridgehead atoms. The first-order valence-corrected chi connectivity index (χ1v) is 7.55. The number of aryl methyl sites for hydroxylation is 1. The number of hydrogen-bond acceptors (Lipinski definition) is 3. The van der Waals surface area contributed by atoms with Gasteiger partial charge < -0.3 is 4.74 Å². The zero-order chi connectivity index (χ0) is 14.2. The van der Waals surface area contributed by atoms with Gasteiger partial charge in [0.1, 0.15) is 5.60 Å². The summed E-state index contributed by atoms with van der Waals surface area (Å²) in [6, 6.07) is 0.160. The van der Waals surface area contributed by atoms with Gasteiger partial charge in [-0.2, -0.15) is 5.10 Å². The molecule has 0 aromatic carbocycles. The van der Waals surface area contributed by atoms with Crippen molar-refractivity contribution in [1.29, 1.82) is 0 Å². The standard InChI is InChI=1S/C13H20IN3O2/c1-9-5-6-17-11(10(14)7-15-17)8-16(9)12(18)19-13(2,3)4/h7,9H,5-6,8H2,1-4H3. The van der Waals surface area contributed by atoms with E-state index in [9.17, 15) is 4.79 Å². The summed E-state index contributed by atoms with van der Waals surface area (Å²) in [6.07, 6.45) is 2.49. The summed E-state index contributed by atoms with van der Waals surface area (Å²) in [7, 11) is 0. The van der Waals surface area contributed by atoms with E-state index in [1.54, 1.807) is 4.90 Å². The quantitative estimate of drug-likeness (QED) is 0.653. The van der Waals surface area contributed by atoms with Gasteiger partial charge in [0, 0.05) is 12.6 Å². The van der Waals surface area contributed by atoms with Crippen LogP contribution in [0.5, 0.6) is 0 Å². The first kappa shape index (κ1) is 14.6. The molecule has 0 saturated heterocycles. The van der Waals surface area contributed by atoms with Gasteiger partial charge in [-0.25, -0.2) is 4.79 Å². The minimum atomic E-state index is -0.462. The molecule has 0 N–H and O–H groups in total. The number of halogens is 1. The monoisotopic (exact) mass is 377 g/mol. The van der Waals surface area contributed by atoms with Crippen LogP contribution < -0.4 is 0 Å². The van der Waals surface area contributed by atoms with Gasteiger partial charge in [0.25, 0.3) is 0 Å². The van der Waals surface area contributed by atoms with Gasteiger partial charge in [0.2, 0.25) is 0 Å². The van der Waals surface area contributed by atoms with Crippen molar-refractivity contribution in [1.82, 2.24) is 14.7 Å². The summed E-state index contributed by atoms with van der Waals surface area (Å²) < 4.78 is 8.58.